The normalized spacial score (nSPS) is 11.0. The van der Waals surface area contributed by atoms with E-state index < -0.39 is 0 Å². The van der Waals surface area contributed by atoms with Crippen LogP contribution in [-0.4, -0.2) is 9.38 Å². The molecule has 0 atom stereocenters. The molecule has 4 rings (SSSR count). The van der Waals surface area contributed by atoms with Crippen LogP contribution in [0.15, 0.2) is 65.2 Å². The van der Waals surface area contributed by atoms with Crippen LogP contribution in [0.5, 0.6) is 0 Å². The van der Waals surface area contributed by atoms with Crippen molar-refractivity contribution >= 4 is 17.2 Å². The zero-order valence-corrected chi connectivity index (χ0v) is 13.1. The van der Waals surface area contributed by atoms with E-state index in [2.05, 4.69) is 24.4 Å². The van der Waals surface area contributed by atoms with E-state index >= 15 is 0 Å². The average Bonchev–Trinajstić information content (AvgIpc) is 3.12. The quantitative estimate of drug-likeness (QED) is 0.582. The zero-order chi connectivity index (χ0) is 15.8. The number of para-hydroxylation sites is 1. The number of rotatable bonds is 3. The van der Waals surface area contributed by atoms with Gasteiger partial charge in [0.05, 0.1) is 0 Å². The van der Waals surface area contributed by atoms with E-state index in [0.717, 1.165) is 34.4 Å². The summed E-state index contributed by atoms with van der Waals surface area (Å²) in [7, 11) is 0. The number of anilines is 2. The summed E-state index contributed by atoms with van der Waals surface area (Å²) in [6.07, 6.45) is 2.03. The molecule has 0 spiro atoms. The highest BCUT2D eigenvalue weighted by molar-refractivity contribution is 5.77. The summed E-state index contributed by atoms with van der Waals surface area (Å²) in [4.78, 5) is 4.76. The number of imidazole rings is 1. The lowest BCUT2D eigenvalue weighted by Crippen LogP contribution is -1.96. The average molecular weight is 303 g/mol. The molecule has 4 heteroatoms. The number of nitrogens with one attached hydrogen (secondary N) is 1. The van der Waals surface area contributed by atoms with Gasteiger partial charge in [-0.1, -0.05) is 18.2 Å². The van der Waals surface area contributed by atoms with Gasteiger partial charge >= 0.3 is 0 Å². The van der Waals surface area contributed by atoms with Crippen molar-refractivity contribution < 1.29 is 4.42 Å². The standard InChI is InChI=1S/C19H17N3O/c1-13-10-11-22-17(12-13)21-18(16-9-8-14(2)23-16)19(22)20-15-6-4-3-5-7-15/h3-12,20H,1-2H3. The summed E-state index contributed by atoms with van der Waals surface area (Å²) in [5, 5.41) is 3.46. The van der Waals surface area contributed by atoms with Crippen molar-refractivity contribution in [2.75, 3.05) is 5.32 Å². The Balaban J connectivity index is 1.91. The molecule has 4 aromatic rings. The SMILES string of the molecule is Cc1ccn2c(Nc3ccccc3)c(-c3ccc(C)o3)nc2c1. The second-order valence-electron chi connectivity index (χ2n) is 5.64. The van der Waals surface area contributed by atoms with Crippen molar-refractivity contribution in [3.8, 4) is 11.5 Å². The van der Waals surface area contributed by atoms with Gasteiger partial charge in [-0.15, -0.1) is 0 Å². The molecule has 1 aromatic carbocycles. The molecule has 0 bridgehead atoms. The number of fused-ring (bicyclic) bond motifs is 1. The molecule has 0 saturated heterocycles. The van der Waals surface area contributed by atoms with Gasteiger partial charge in [-0.2, -0.15) is 0 Å². The number of pyridine rings is 1. The molecule has 0 aliphatic heterocycles. The fourth-order valence-corrected chi connectivity index (χ4v) is 2.66. The zero-order valence-electron chi connectivity index (χ0n) is 13.1. The molecule has 4 nitrogen and oxygen atoms in total. The number of nitrogens with zero attached hydrogens (tertiary/aromatic N) is 2. The highest BCUT2D eigenvalue weighted by Gasteiger charge is 2.17. The molecule has 0 unspecified atom stereocenters. The Morgan fingerprint density at radius 1 is 1.00 bits per heavy atom. The van der Waals surface area contributed by atoms with Gasteiger partial charge in [0.25, 0.3) is 0 Å². The Morgan fingerprint density at radius 3 is 2.57 bits per heavy atom. The number of aromatic nitrogens is 2. The minimum Gasteiger partial charge on any atom is -0.460 e. The highest BCUT2D eigenvalue weighted by atomic mass is 16.3. The van der Waals surface area contributed by atoms with E-state index in [1.165, 1.54) is 5.56 Å². The van der Waals surface area contributed by atoms with Crippen LogP contribution in [0.25, 0.3) is 17.1 Å². The van der Waals surface area contributed by atoms with Crippen LogP contribution < -0.4 is 5.32 Å². The first-order valence-electron chi connectivity index (χ1n) is 7.58. The first-order chi connectivity index (χ1) is 11.2. The minimum absolute atomic E-state index is 0.766. The molecule has 1 N–H and O–H groups in total. The van der Waals surface area contributed by atoms with E-state index in [0.29, 0.717) is 0 Å². The number of aryl methyl sites for hydroxylation is 2. The molecule has 0 fully saturated rings. The van der Waals surface area contributed by atoms with Gasteiger partial charge in [-0.3, -0.25) is 4.40 Å². The third-order valence-electron chi connectivity index (χ3n) is 3.79. The molecule has 0 aliphatic carbocycles. The fraction of sp³-hybridized carbons (Fsp3) is 0.105. The lowest BCUT2D eigenvalue weighted by molar-refractivity contribution is 0.547. The van der Waals surface area contributed by atoms with E-state index in [1.54, 1.807) is 0 Å². The predicted octanol–water partition coefficient (Wildman–Crippen LogP) is 4.95. The number of hydrogen-bond donors (Lipinski definition) is 1. The van der Waals surface area contributed by atoms with Gasteiger partial charge < -0.3 is 9.73 Å². The molecule has 0 aliphatic rings. The Kier molecular flexibility index (Phi) is 3.15. The molecule has 0 amide bonds. The third-order valence-corrected chi connectivity index (χ3v) is 3.79. The molecular weight excluding hydrogens is 286 g/mol. The molecule has 114 valence electrons. The summed E-state index contributed by atoms with van der Waals surface area (Å²) in [6, 6.07) is 18.1. The molecular formula is C19H17N3O. The number of hydrogen-bond acceptors (Lipinski definition) is 3. The van der Waals surface area contributed by atoms with Crippen molar-refractivity contribution in [2.24, 2.45) is 0 Å². The summed E-state index contributed by atoms with van der Waals surface area (Å²) < 4.78 is 7.84. The summed E-state index contributed by atoms with van der Waals surface area (Å²) in [6.45, 7) is 4.00. The molecule has 0 radical (unpaired) electrons. The van der Waals surface area contributed by atoms with E-state index in [4.69, 9.17) is 9.40 Å². The summed E-state index contributed by atoms with van der Waals surface area (Å²) in [5.41, 5.74) is 3.90. The second-order valence-corrected chi connectivity index (χ2v) is 5.64. The van der Waals surface area contributed by atoms with Crippen molar-refractivity contribution in [3.05, 3.63) is 72.1 Å². The molecule has 3 aromatic heterocycles. The van der Waals surface area contributed by atoms with Gasteiger partial charge in [0.15, 0.2) is 5.76 Å². The largest absolute Gasteiger partial charge is 0.460 e. The fourth-order valence-electron chi connectivity index (χ4n) is 2.66. The Labute approximate surface area is 134 Å². The van der Waals surface area contributed by atoms with Gasteiger partial charge in [0.1, 0.15) is 22.9 Å². The maximum Gasteiger partial charge on any atom is 0.156 e. The smallest absolute Gasteiger partial charge is 0.156 e. The van der Waals surface area contributed by atoms with Gasteiger partial charge in [-0.25, -0.2) is 4.98 Å². The van der Waals surface area contributed by atoms with Crippen molar-refractivity contribution in [1.82, 2.24) is 9.38 Å². The Morgan fingerprint density at radius 2 is 1.83 bits per heavy atom. The summed E-state index contributed by atoms with van der Waals surface area (Å²) >= 11 is 0. The molecule has 0 saturated carbocycles. The third kappa shape index (κ3) is 2.48. The van der Waals surface area contributed by atoms with E-state index in [-0.39, 0.29) is 0 Å². The molecule has 3 heterocycles. The number of furan rings is 1. The second kappa shape index (κ2) is 5.32. The minimum atomic E-state index is 0.766. The van der Waals surface area contributed by atoms with Gasteiger partial charge in [-0.05, 0) is 55.8 Å². The maximum absolute atomic E-state index is 5.79. The highest BCUT2D eigenvalue weighted by Crippen LogP contribution is 2.32. The first kappa shape index (κ1) is 13.6. The van der Waals surface area contributed by atoms with Crippen molar-refractivity contribution in [2.45, 2.75) is 13.8 Å². The maximum atomic E-state index is 5.79. The van der Waals surface area contributed by atoms with Crippen LogP contribution in [0.3, 0.4) is 0 Å². The van der Waals surface area contributed by atoms with Crippen LogP contribution in [0, 0.1) is 13.8 Å². The first-order valence-corrected chi connectivity index (χ1v) is 7.58. The summed E-state index contributed by atoms with van der Waals surface area (Å²) in [5.74, 6) is 2.54. The van der Waals surface area contributed by atoms with E-state index in [9.17, 15) is 0 Å². The van der Waals surface area contributed by atoms with Crippen molar-refractivity contribution in [3.63, 3.8) is 0 Å². The van der Waals surface area contributed by atoms with Crippen LogP contribution in [0.2, 0.25) is 0 Å². The monoisotopic (exact) mass is 303 g/mol. The lowest BCUT2D eigenvalue weighted by atomic mass is 10.3. The van der Waals surface area contributed by atoms with Crippen LogP contribution in [0.4, 0.5) is 11.5 Å². The van der Waals surface area contributed by atoms with Crippen LogP contribution in [0.1, 0.15) is 11.3 Å². The van der Waals surface area contributed by atoms with Gasteiger partial charge in [0.2, 0.25) is 0 Å². The Hall–Kier alpha value is -3.01. The van der Waals surface area contributed by atoms with Gasteiger partial charge in [0, 0.05) is 11.9 Å². The Bertz CT molecular complexity index is 967. The topological polar surface area (TPSA) is 42.5 Å². The number of benzene rings is 1. The van der Waals surface area contributed by atoms with Crippen LogP contribution >= 0.6 is 0 Å². The van der Waals surface area contributed by atoms with Crippen LogP contribution in [-0.2, 0) is 0 Å². The lowest BCUT2D eigenvalue weighted by Gasteiger charge is -2.08. The molecule has 23 heavy (non-hydrogen) atoms. The van der Waals surface area contributed by atoms with Crippen molar-refractivity contribution in [1.29, 1.82) is 0 Å². The van der Waals surface area contributed by atoms with E-state index in [1.807, 2.05) is 60.0 Å². The predicted molar refractivity (Wildman–Crippen MR) is 92.1 cm³/mol.